The molecule has 18 heavy (non-hydrogen) atoms. The second kappa shape index (κ2) is 6.11. The van der Waals surface area contributed by atoms with E-state index in [1.165, 1.54) is 11.8 Å². The molecule has 0 spiro atoms. The summed E-state index contributed by atoms with van der Waals surface area (Å²) in [5.74, 6) is 1.20. The average Bonchev–Trinajstić information content (AvgIpc) is 2.87. The van der Waals surface area contributed by atoms with Gasteiger partial charge in [0.2, 0.25) is 0 Å². The lowest BCUT2D eigenvalue weighted by molar-refractivity contribution is 0.409. The molecule has 3 nitrogen and oxygen atoms in total. The molecule has 2 aromatic rings. The summed E-state index contributed by atoms with van der Waals surface area (Å²) in [6, 6.07) is 3.81. The Hall–Kier alpha value is -1.20. The molecule has 1 heterocycles. The number of furan rings is 1. The molecule has 98 valence electrons. The van der Waals surface area contributed by atoms with Gasteiger partial charge in [-0.25, -0.2) is 0 Å². The largest absolute Gasteiger partial charge is 0.496 e. The topological polar surface area (TPSA) is 48.4 Å². The third kappa shape index (κ3) is 2.47. The summed E-state index contributed by atoms with van der Waals surface area (Å²) < 4.78 is 23.2. The van der Waals surface area contributed by atoms with Gasteiger partial charge in [0.25, 0.3) is 0 Å². The highest BCUT2D eigenvalue weighted by molar-refractivity contribution is 7.99. The summed E-state index contributed by atoms with van der Waals surface area (Å²) in [4.78, 5) is 0.908. The number of nitrogens with two attached hydrogens (primary N) is 1. The number of alkyl halides is 1. The van der Waals surface area contributed by atoms with Gasteiger partial charge in [0.15, 0.2) is 0 Å². The predicted octanol–water partition coefficient (Wildman–Crippen LogP) is 3.00. The summed E-state index contributed by atoms with van der Waals surface area (Å²) in [6.07, 6.45) is 2.37. The van der Waals surface area contributed by atoms with Crippen molar-refractivity contribution in [3.8, 4) is 5.75 Å². The van der Waals surface area contributed by atoms with Gasteiger partial charge in [-0.2, -0.15) is 0 Å². The molecule has 0 radical (unpaired) electrons. The highest BCUT2D eigenvalue weighted by Gasteiger charge is 2.15. The molecule has 5 heteroatoms. The summed E-state index contributed by atoms with van der Waals surface area (Å²) in [7, 11) is 1.63. The van der Waals surface area contributed by atoms with Gasteiger partial charge < -0.3 is 14.9 Å². The van der Waals surface area contributed by atoms with Gasteiger partial charge in [-0.1, -0.05) is 0 Å². The van der Waals surface area contributed by atoms with Gasteiger partial charge in [-0.15, -0.1) is 11.8 Å². The number of rotatable bonds is 6. The summed E-state index contributed by atoms with van der Waals surface area (Å²) in [5, 5.41) is 1.00. The molecule has 0 fully saturated rings. The summed E-state index contributed by atoms with van der Waals surface area (Å²) in [5.41, 5.74) is 7.46. The lowest BCUT2D eigenvalue weighted by Gasteiger charge is -2.11. The van der Waals surface area contributed by atoms with Crippen molar-refractivity contribution < 1.29 is 13.5 Å². The first-order valence-electron chi connectivity index (χ1n) is 5.77. The van der Waals surface area contributed by atoms with Crippen molar-refractivity contribution in [2.45, 2.75) is 11.3 Å². The van der Waals surface area contributed by atoms with Crippen LogP contribution in [0.3, 0.4) is 0 Å². The zero-order valence-corrected chi connectivity index (χ0v) is 11.1. The minimum absolute atomic E-state index is 0.361. The highest BCUT2D eigenvalue weighted by Crippen LogP contribution is 2.37. The minimum Gasteiger partial charge on any atom is -0.496 e. The smallest absolute Gasteiger partial charge is 0.147 e. The molecule has 0 bridgehead atoms. The second-order valence-electron chi connectivity index (χ2n) is 3.80. The van der Waals surface area contributed by atoms with Crippen molar-refractivity contribution in [3.05, 3.63) is 24.0 Å². The Labute approximate surface area is 109 Å². The fourth-order valence-electron chi connectivity index (χ4n) is 1.98. The Balaban J connectivity index is 2.53. The first kappa shape index (κ1) is 13.2. The fraction of sp³-hybridized carbons (Fsp3) is 0.385. The number of methoxy groups -OCH3 is 1. The maximum absolute atomic E-state index is 12.3. The second-order valence-corrected chi connectivity index (χ2v) is 4.93. The Morgan fingerprint density at radius 2 is 2.33 bits per heavy atom. The van der Waals surface area contributed by atoms with Crippen LogP contribution >= 0.6 is 11.8 Å². The van der Waals surface area contributed by atoms with E-state index in [1.807, 2.05) is 12.1 Å². The number of benzene rings is 1. The first-order chi connectivity index (χ1) is 8.81. The normalized spacial score (nSPS) is 11.1. The van der Waals surface area contributed by atoms with E-state index in [4.69, 9.17) is 14.9 Å². The summed E-state index contributed by atoms with van der Waals surface area (Å²) >= 11 is 1.43. The van der Waals surface area contributed by atoms with Gasteiger partial charge in [-0.3, -0.25) is 4.39 Å². The monoisotopic (exact) mass is 269 g/mol. The van der Waals surface area contributed by atoms with Crippen molar-refractivity contribution in [2.24, 2.45) is 5.73 Å². The number of thioether (sulfide) groups is 1. The van der Waals surface area contributed by atoms with Crippen LogP contribution in [0.1, 0.15) is 5.56 Å². The Morgan fingerprint density at radius 1 is 1.50 bits per heavy atom. The van der Waals surface area contributed by atoms with Crippen molar-refractivity contribution in [1.82, 2.24) is 0 Å². The zero-order chi connectivity index (χ0) is 13.0. The minimum atomic E-state index is -0.361. The quantitative estimate of drug-likeness (QED) is 0.819. The standard InChI is InChI=1S/C13H16FNO2S/c1-16-11-8-12(18-7-4-14)13-10(3-6-17-13)9(11)2-5-15/h3,6,8H,2,4-5,7,15H2,1H3. The van der Waals surface area contributed by atoms with Gasteiger partial charge in [0.05, 0.1) is 24.9 Å². The van der Waals surface area contributed by atoms with E-state index in [-0.39, 0.29) is 6.67 Å². The molecule has 0 saturated carbocycles. The highest BCUT2D eigenvalue weighted by atomic mass is 32.2. The molecule has 2 N–H and O–H groups in total. The Kier molecular flexibility index (Phi) is 4.49. The van der Waals surface area contributed by atoms with E-state index in [1.54, 1.807) is 13.4 Å². The molecule has 0 atom stereocenters. The van der Waals surface area contributed by atoms with Crippen LogP contribution in [0.4, 0.5) is 4.39 Å². The van der Waals surface area contributed by atoms with Crippen molar-refractivity contribution in [2.75, 3.05) is 26.1 Å². The van der Waals surface area contributed by atoms with Gasteiger partial charge in [0, 0.05) is 16.7 Å². The first-order valence-corrected chi connectivity index (χ1v) is 6.76. The number of fused-ring (bicyclic) bond motifs is 1. The SMILES string of the molecule is COc1cc(SCCF)c2occc2c1CCN. The number of ether oxygens (including phenoxy) is 1. The summed E-state index contributed by atoms with van der Waals surface area (Å²) in [6.45, 7) is 0.188. The van der Waals surface area contributed by atoms with Crippen LogP contribution in [0, 0.1) is 0 Å². The molecule has 0 amide bonds. The van der Waals surface area contributed by atoms with E-state index in [2.05, 4.69) is 0 Å². The van der Waals surface area contributed by atoms with Crippen LogP contribution in [0.25, 0.3) is 11.0 Å². The van der Waals surface area contributed by atoms with E-state index >= 15 is 0 Å². The third-order valence-corrected chi connectivity index (χ3v) is 3.70. The van der Waals surface area contributed by atoms with Crippen LogP contribution in [0.2, 0.25) is 0 Å². The van der Waals surface area contributed by atoms with Crippen LogP contribution in [-0.4, -0.2) is 26.1 Å². The maximum Gasteiger partial charge on any atom is 0.147 e. The third-order valence-electron chi connectivity index (χ3n) is 2.72. The van der Waals surface area contributed by atoms with E-state index in [9.17, 15) is 4.39 Å². The zero-order valence-electron chi connectivity index (χ0n) is 10.2. The molecule has 0 aliphatic rings. The van der Waals surface area contributed by atoms with Gasteiger partial charge >= 0.3 is 0 Å². The number of hydrogen-bond donors (Lipinski definition) is 1. The molecule has 2 rings (SSSR count). The average molecular weight is 269 g/mol. The van der Waals surface area contributed by atoms with Gasteiger partial charge in [0.1, 0.15) is 11.3 Å². The van der Waals surface area contributed by atoms with E-state index < -0.39 is 0 Å². The molecule has 0 aliphatic heterocycles. The van der Waals surface area contributed by atoms with E-state index in [0.717, 1.165) is 33.6 Å². The lowest BCUT2D eigenvalue weighted by Crippen LogP contribution is -2.05. The molecular weight excluding hydrogens is 253 g/mol. The molecular formula is C13H16FNO2S. The van der Waals surface area contributed by atoms with E-state index in [0.29, 0.717) is 12.3 Å². The van der Waals surface area contributed by atoms with Crippen molar-refractivity contribution in [1.29, 1.82) is 0 Å². The number of halogens is 1. The Bertz CT molecular complexity index is 527. The van der Waals surface area contributed by atoms with Crippen molar-refractivity contribution >= 4 is 22.7 Å². The van der Waals surface area contributed by atoms with Gasteiger partial charge in [-0.05, 0) is 25.1 Å². The number of hydrogen-bond acceptors (Lipinski definition) is 4. The van der Waals surface area contributed by atoms with Crippen LogP contribution in [0.5, 0.6) is 5.75 Å². The molecule has 0 saturated heterocycles. The molecule has 0 unspecified atom stereocenters. The predicted molar refractivity (Wildman–Crippen MR) is 72.2 cm³/mol. The van der Waals surface area contributed by atoms with Crippen LogP contribution in [0.15, 0.2) is 27.7 Å². The molecule has 0 aliphatic carbocycles. The van der Waals surface area contributed by atoms with Crippen molar-refractivity contribution in [3.63, 3.8) is 0 Å². The maximum atomic E-state index is 12.3. The Morgan fingerprint density at radius 3 is 3.00 bits per heavy atom. The molecule has 1 aromatic carbocycles. The lowest BCUT2D eigenvalue weighted by atomic mass is 10.1. The van der Waals surface area contributed by atoms with Crippen LogP contribution < -0.4 is 10.5 Å². The molecule has 1 aromatic heterocycles. The fourth-order valence-corrected chi connectivity index (χ4v) is 2.76. The van der Waals surface area contributed by atoms with Crippen LogP contribution in [-0.2, 0) is 6.42 Å².